The number of carbonyl (C=O) groups is 2. The van der Waals surface area contributed by atoms with Gasteiger partial charge in [0.25, 0.3) is 0 Å². The largest absolute Gasteiger partial charge is 0.455 e. The van der Waals surface area contributed by atoms with Gasteiger partial charge in [-0.15, -0.1) is 0 Å². The van der Waals surface area contributed by atoms with Gasteiger partial charge in [-0.3, -0.25) is 0 Å². The van der Waals surface area contributed by atoms with Gasteiger partial charge in [-0.05, 0) is 56.9 Å². The molecule has 190 valence electrons. The third-order valence-electron chi connectivity index (χ3n) is 6.79. The molecular weight excluding hydrogens is 482 g/mol. The minimum Gasteiger partial charge on any atom is -0.455 e. The van der Waals surface area contributed by atoms with Crippen LogP contribution in [-0.4, -0.2) is 35.9 Å². The van der Waals surface area contributed by atoms with E-state index in [1.807, 2.05) is 6.92 Å². The molecule has 5 atom stereocenters. The van der Waals surface area contributed by atoms with Crippen LogP contribution in [0.25, 0.3) is 0 Å². The normalized spacial score (nSPS) is 31.1. The molecule has 2 saturated heterocycles. The Labute approximate surface area is 196 Å². The minimum atomic E-state index is -5.23. The molecule has 1 aliphatic carbocycles. The van der Waals surface area contributed by atoms with Crippen LogP contribution in [0.2, 0.25) is 0 Å². The average molecular weight is 504 g/mol. The van der Waals surface area contributed by atoms with Crippen molar-refractivity contribution in [3.05, 3.63) is 58.7 Å². The predicted molar refractivity (Wildman–Crippen MR) is 109 cm³/mol. The Balaban J connectivity index is 1.65. The second-order valence-corrected chi connectivity index (χ2v) is 9.23. The summed E-state index contributed by atoms with van der Waals surface area (Å²) in [6.45, 7) is 7.26. The number of ether oxygens (including phenoxy) is 3. The van der Waals surface area contributed by atoms with Gasteiger partial charge >= 0.3 is 24.3 Å². The summed E-state index contributed by atoms with van der Waals surface area (Å²) in [5.74, 6) is -2.69. The van der Waals surface area contributed by atoms with E-state index in [4.69, 9.17) is 14.2 Å². The summed E-state index contributed by atoms with van der Waals surface area (Å²) < 4.78 is 96.2. The van der Waals surface area contributed by atoms with Gasteiger partial charge < -0.3 is 14.2 Å². The van der Waals surface area contributed by atoms with E-state index in [2.05, 4.69) is 6.58 Å². The van der Waals surface area contributed by atoms with Gasteiger partial charge in [0.2, 0.25) is 0 Å². The lowest BCUT2D eigenvalue weighted by atomic mass is 9.83. The van der Waals surface area contributed by atoms with Gasteiger partial charge in [0.15, 0.2) is 0 Å². The van der Waals surface area contributed by atoms with Gasteiger partial charge in [0.05, 0.1) is 22.3 Å². The van der Waals surface area contributed by atoms with Crippen molar-refractivity contribution < 1.29 is 50.1 Å². The number of rotatable bonds is 2. The summed E-state index contributed by atoms with van der Waals surface area (Å²) in [4.78, 5) is 25.0. The molecule has 5 nitrogen and oxygen atoms in total. The maximum absolute atomic E-state index is 13.5. The third kappa shape index (κ3) is 4.82. The molecule has 0 spiro atoms. The van der Waals surface area contributed by atoms with Crippen LogP contribution in [-0.2, 0) is 31.4 Å². The lowest BCUT2D eigenvalue weighted by Gasteiger charge is -2.26. The molecule has 2 heterocycles. The minimum absolute atomic E-state index is 0.0127. The van der Waals surface area contributed by atoms with Gasteiger partial charge in [0.1, 0.15) is 18.3 Å². The van der Waals surface area contributed by atoms with Crippen molar-refractivity contribution in [3.63, 3.8) is 0 Å². The molecule has 0 bridgehead atoms. The van der Waals surface area contributed by atoms with Crippen molar-refractivity contribution in [2.45, 2.75) is 69.4 Å². The van der Waals surface area contributed by atoms with Gasteiger partial charge in [-0.25, -0.2) is 9.59 Å². The fraction of sp³-hybridized carbons (Fsp3) is 0.500. The maximum atomic E-state index is 13.5. The molecular formula is C24H22F6O5. The zero-order valence-electron chi connectivity index (χ0n) is 18.8. The Morgan fingerprint density at radius 2 is 1.86 bits per heavy atom. The van der Waals surface area contributed by atoms with Crippen LogP contribution in [0.5, 0.6) is 0 Å². The predicted octanol–water partition coefficient (Wildman–Crippen LogP) is 5.64. The third-order valence-corrected chi connectivity index (χ3v) is 6.79. The van der Waals surface area contributed by atoms with Crippen LogP contribution >= 0.6 is 0 Å². The summed E-state index contributed by atoms with van der Waals surface area (Å²) in [6, 6.07) is 0.744. The number of fused-ring (bicyclic) bond motifs is 3. The molecule has 0 N–H and O–H groups in total. The van der Waals surface area contributed by atoms with Crippen LogP contribution in [0.4, 0.5) is 26.3 Å². The van der Waals surface area contributed by atoms with E-state index in [-0.39, 0.29) is 18.1 Å². The van der Waals surface area contributed by atoms with E-state index < -0.39 is 70.8 Å². The van der Waals surface area contributed by atoms with E-state index >= 15 is 0 Å². The molecule has 0 amide bonds. The first-order valence-electron chi connectivity index (χ1n) is 10.9. The Morgan fingerprint density at radius 3 is 2.49 bits per heavy atom. The van der Waals surface area contributed by atoms with Crippen LogP contribution in [0.15, 0.2) is 42.0 Å². The zero-order valence-corrected chi connectivity index (χ0v) is 18.8. The number of epoxide rings is 1. The number of esters is 2. The fourth-order valence-corrected chi connectivity index (χ4v) is 4.65. The first-order valence-corrected chi connectivity index (χ1v) is 10.9. The second-order valence-electron chi connectivity index (χ2n) is 9.23. The van der Waals surface area contributed by atoms with Gasteiger partial charge in [-0.2, -0.15) is 26.3 Å². The smallest absolute Gasteiger partial charge is 0.417 e. The Kier molecular flexibility index (Phi) is 6.06. The standard InChI is InChI=1S/C24H22F6O5/c1-11-5-4-8-22(3)19(35-22)18-15(12(2)20(31)34-18)10-17(11)33-21(32)14-7-6-13(23(25,26)27)9-16(14)24(28,29)30/h5-7,9,15,17-19H,2,4,8,10H2,1,3H3/t15-,17-,18-,19+,22+/m0/s1. The Bertz CT molecular complexity index is 1100. The highest BCUT2D eigenvalue weighted by Crippen LogP contribution is 2.50. The van der Waals surface area contributed by atoms with Gasteiger partial charge in [-0.1, -0.05) is 12.7 Å². The van der Waals surface area contributed by atoms with Crippen LogP contribution in [0, 0.1) is 5.92 Å². The number of hydrogen-bond acceptors (Lipinski definition) is 5. The molecule has 0 aromatic heterocycles. The summed E-state index contributed by atoms with van der Waals surface area (Å²) in [7, 11) is 0. The number of benzene rings is 1. The Morgan fingerprint density at radius 1 is 1.17 bits per heavy atom. The molecule has 0 saturated carbocycles. The monoisotopic (exact) mass is 504 g/mol. The fourth-order valence-electron chi connectivity index (χ4n) is 4.65. The number of carbonyl (C=O) groups excluding carboxylic acids is 2. The molecule has 2 aliphatic heterocycles. The van der Waals surface area contributed by atoms with Crippen LogP contribution in [0.3, 0.4) is 0 Å². The first-order chi connectivity index (χ1) is 16.1. The molecule has 1 aromatic carbocycles. The van der Waals surface area contributed by atoms with Crippen LogP contribution < -0.4 is 0 Å². The first kappa shape index (κ1) is 25.3. The van der Waals surface area contributed by atoms with Crippen molar-refractivity contribution in [2.24, 2.45) is 5.92 Å². The maximum Gasteiger partial charge on any atom is 0.417 e. The SMILES string of the molecule is C=C1C(=O)O[C@@H]2[C@H]3O[C@]3(C)CCC=C(C)[C@@H](OC(=O)c3ccc(C(F)(F)F)cc3C(F)(F)F)C[C@@H]12. The molecule has 35 heavy (non-hydrogen) atoms. The van der Waals surface area contributed by atoms with E-state index in [1.54, 1.807) is 13.0 Å². The number of hydrogen-bond donors (Lipinski definition) is 0. The van der Waals surface area contributed by atoms with Crippen molar-refractivity contribution in [1.82, 2.24) is 0 Å². The van der Waals surface area contributed by atoms with Crippen molar-refractivity contribution >= 4 is 11.9 Å². The second kappa shape index (κ2) is 8.39. The lowest BCUT2D eigenvalue weighted by Crippen LogP contribution is -2.33. The topological polar surface area (TPSA) is 65.1 Å². The highest BCUT2D eigenvalue weighted by atomic mass is 19.4. The summed E-state index contributed by atoms with van der Waals surface area (Å²) >= 11 is 0. The highest BCUT2D eigenvalue weighted by molar-refractivity contribution is 5.92. The van der Waals surface area contributed by atoms with Gasteiger partial charge in [0, 0.05) is 11.5 Å². The summed E-state index contributed by atoms with van der Waals surface area (Å²) in [6.07, 6.45) is -9.58. The molecule has 0 radical (unpaired) electrons. The summed E-state index contributed by atoms with van der Waals surface area (Å²) in [5.41, 5.74) is -4.18. The lowest BCUT2D eigenvalue weighted by molar-refractivity contribution is -0.143. The quantitative estimate of drug-likeness (QED) is 0.172. The molecule has 3 aliphatic rings. The van der Waals surface area contributed by atoms with E-state index in [9.17, 15) is 35.9 Å². The van der Waals surface area contributed by atoms with Crippen molar-refractivity contribution in [3.8, 4) is 0 Å². The molecule has 0 unspecified atom stereocenters. The number of allylic oxidation sites excluding steroid dienone is 1. The van der Waals surface area contributed by atoms with Crippen molar-refractivity contribution in [2.75, 3.05) is 0 Å². The van der Waals surface area contributed by atoms with E-state index in [0.29, 0.717) is 30.5 Å². The highest BCUT2D eigenvalue weighted by Gasteiger charge is 2.62. The molecule has 4 rings (SSSR count). The summed E-state index contributed by atoms with van der Waals surface area (Å²) in [5, 5.41) is 0. The Hall–Kier alpha value is -2.82. The zero-order chi connectivity index (χ0) is 25.9. The number of alkyl halides is 6. The molecule has 11 heteroatoms. The van der Waals surface area contributed by atoms with E-state index in [0.717, 1.165) is 0 Å². The average Bonchev–Trinajstić information content (AvgIpc) is 3.34. The molecule has 2 fully saturated rings. The number of halogens is 6. The van der Waals surface area contributed by atoms with Crippen LogP contribution in [0.1, 0.15) is 54.6 Å². The van der Waals surface area contributed by atoms with Crippen molar-refractivity contribution in [1.29, 1.82) is 0 Å². The molecule has 1 aromatic rings. The van der Waals surface area contributed by atoms with E-state index in [1.165, 1.54) is 0 Å².